The van der Waals surface area contributed by atoms with Gasteiger partial charge in [0, 0.05) is 16.6 Å². The zero-order chi connectivity index (χ0) is 15.4. The van der Waals surface area contributed by atoms with Gasteiger partial charge in [-0.1, -0.05) is 12.1 Å². The minimum absolute atomic E-state index is 0.0320. The second-order valence-corrected chi connectivity index (χ2v) is 4.89. The van der Waals surface area contributed by atoms with Crippen LogP contribution in [0.15, 0.2) is 46.9 Å². The van der Waals surface area contributed by atoms with E-state index < -0.39 is 10.8 Å². The predicted molar refractivity (Wildman–Crippen MR) is 79.9 cm³/mol. The van der Waals surface area contributed by atoms with Gasteiger partial charge in [-0.2, -0.15) is 5.26 Å². The molecule has 0 bridgehead atoms. The van der Waals surface area contributed by atoms with Crippen LogP contribution in [-0.2, 0) is 0 Å². The van der Waals surface area contributed by atoms with Crippen molar-refractivity contribution in [3.05, 3.63) is 68.2 Å². The Bertz CT molecular complexity index is 768. The topological polar surface area (TPSA) is 96.0 Å². The highest BCUT2D eigenvalue weighted by Gasteiger charge is 2.14. The normalized spacial score (nSPS) is 9.71. The van der Waals surface area contributed by atoms with Gasteiger partial charge in [0.1, 0.15) is 6.07 Å². The summed E-state index contributed by atoms with van der Waals surface area (Å²) >= 11 is 3.26. The van der Waals surface area contributed by atoms with E-state index in [9.17, 15) is 14.9 Å². The number of anilines is 1. The highest BCUT2D eigenvalue weighted by molar-refractivity contribution is 9.10. The molecule has 0 aliphatic rings. The van der Waals surface area contributed by atoms with E-state index in [1.165, 1.54) is 12.1 Å². The molecule has 2 rings (SSSR count). The molecular weight excluding hydrogens is 338 g/mol. The number of rotatable bonds is 3. The first-order valence-electron chi connectivity index (χ1n) is 5.77. The Morgan fingerprint density at radius 1 is 1.29 bits per heavy atom. The molecule has 21 heavy (non-hydrogen) atoms. The van der Waals surface area contributed by atoms with Crippen LogP contribution in [0.25, 0.3) is 0 Å². The van der Waals surface area contributed by atoms with Gasteiger partial charge in [-0.3, -0.25) is 14.9 Å². The van der Waals surface area contributed by atoms with E-state index in [0.717, 1.165) is 6.07 Å². The molecule has 0 aliphatic carbocycles. The number of halogens is 1. The van der Waals surface area contributed by atoms with E-state index in [4.69, 9.17) is 5.26 Å². The SMILES string of the molecule is N#Cc1cc([N+](=O)[O-])ccc1NC(=O)c1ccccc1Br. The molecule has 0 heterocycles. The molecular formula is C14H8BrN3O3. The second-order valence-electron chi connectivity index (χ2n) is 4.03. The molecule has 2 aromatic carbocycles. The summed E-state index contributed by atoms with van der Waals surface area (Å²) < 4.78 is 0.614. The summed E-state index contributed by atoms with van der Waals surface area (Å²) in [4.78, 5) is 22.2. The summed E-state index contributed by atoms with van der Waals surface area (Å²) in [6, 6.07) is 12.3. The number of carbonyl (C=O) groups is 1. The minimum atomic E-state index is -0.597. The molecule has 0 aromatic heterocycles. The molecule has 0 saturated carbocycles. The Kier molecular flexibility index (Phi) is 4.30. The average Bonchev–Trinajstić information content (AvgIpc) is 2.47. The summed E-state index contributed by atoms with van der Waals surface area (Å²) in [6.07, 6.45) is 0. The molecule has 104 valence electrons. The molecule has 6 nitrogen and oxygen atoms in total. The lowest BCUT2D eigenvalue weighted by atomic mass is 10.1. The van der Waals surface area contributed by atoms with Crippen molar-refractivity contribution in [1.82, 2.24) is 0 Å². The molecule has 0 fully saturated rings. The number of carbonyl (C=O) groups excluding carboxylic acids is 1. The minimum Gasteiger partial charge on any atom is -0.321 e. The third kappa shape index (κ3) is 3.24. The summed E-state index contributed by atoms with van der Waals surface area (Å²) in [6.45, 7) is 0. The van der Waals surface area contributed by atoms with Crippen molar-refractivity contribution in [2.75, 3.05) is 5.32 Å². The van der Waals surface area contributed by atoms with Crippen LogP contribution in [0.1, 0.15) is 15.9 Å². The maximum atomic E-state index is 12.1. The maximum absolute atomic E-state index is 12.1. The van der Waals surface area contributed by atoms with E-state index in [1.54, 1.807) is 24.3 Å². The Hall–Kier alpha value is -2.72. The van der Waals surface area contributed by atoms with Gasteiger partial charge in [0.05, 0.1) is 21.7 Å². The molecule has 0 aliphatic heterocycles. The fraction of sp³-hybridized carbons (Fsp3) is 0. The summed E-state index contributed by atoms with van der Waals surface area (Å²) in [7, 11) is 0. The zero-order valence-corrected chi connectivity index (χ0v) is 12.1. The van der Waals surface area contributed by atoms with Crippen LogP contribution in [0.4, 0.5) is 11.4 Å². The molecule has 1 amide bonds. The quantitative estimate of drug-likeness (QED) is 0.680. The van der Waals surface area contributed by atoms with Gasteiger partial charge in [-0.05, 0) is 34.1 Å². The van der Waals surface area contributed by atoms with Crippen LogP contribution < -0.4 is 5.32 Å². The largest absolute Gasteiger partial charge is 0.321 e. The molecule has 0 atom stereocenters. The molecule has 0 spiro atoms. The predicted octanol–water partition coefficient (Wildman–Crippen LogP) is 3.48. The summed E-state index contributed by atoms with van der Waals surface area (Å²) in [5, 5.41) is 22.3. The van der Waals surface area contributed by atoms with Crippen molar-refractivity contribution < 1.29 is 9.72 Å². The van der Waals surface area contributed by atoms with Crippen molar-refractivity contribution in [3.8, 4) is 6.07 Å². The van der Waals surface area contributed by atoms with Crippen LogP contribution in [0, 0.1) is 21.4 Å². The fourth-order valence-electron chi connectivity index (χ4n) is 1.68. The van der Waals surface area contributed by atoms with Gasteiger partial charge in [0.15, 0.2) is 0 Å². The maximum Gasteiger partial charge on any atom is 0.270 e. The molecule has 2 aromatic rings. The van der Waals surface area contributed by atoms with Gasteiger partial charge in [0.2, 0.25) is 0 Å². The molecule has 1 N–H and O–H groups in total. The number of amides is 1. The molecule has 0 unspecified atom stereocenters. The Labute approximate surface area is 128 Å². The Morgan fingerprint density at radius 3 is 2.62 bits per heavy atom. The second kappa shape index (κ2) is 6.15. The average molecular weight is 346 g/mol. The van der Waals surface area contributed by atoms with Crippen LogP contribution in [0.5, 0.6) is 0 Å². The van der Waals surface area contributed by atoms with Crippen LogP contribution in [-0.4, -0.2) is 10.8 Å². The first kappa shape index (κ1) is 14.7. The third-order valence-corrected chi connectivity index (χ3v) is 3.39. The molecule has 0 radical (unpaired) electrons. The Morgan fingerprint density at radius 2 is 2.00 bits per heavy atom. The molecule has 0 saturated heterocycles. The van der Waals surface area contributed by atoms with Gasteiger partial charge in [0.25, 0.3) is 11.6 Å². The Balaban J connectivity index is 2.32. The van der Waals surface area contributed by atoms with Gasteiger partial charge >= 0.3 is 0 Å². The highest BCUT2D eigenvalue weighted by Crippen LogP contribution is 2.23. The first-order valence-corrected chi connectivity index (χ1v) is 6.56. The van der Waals surface area contributed by atoms with E-state index in [2.05, 4.69) is 21.2 Å². The number of nitrogens with one attached hydrogen (secondary N) is 1. The number of hydrogen-bond donors (Lipinski definition) is 1. The van der Waals surface area contributed by atoms with Crippen LogP contribution in [0.3, 0.4) is 0 Å². The third-order valence-electron chi connectivity index (χ3n) is 2.70. The van der Waals surface area contributed by atoms with Gasteiger partial charge in [-0.15, -0.1) is 0 Å². The number of nitrogens with zero attached hydrogens (tertiary/aromatic N) is 2. The standard InChI is InChI=1S/C14H8BrN3O3/c15-12-4-2-1-3-11(12)14(19)17-13-6-5-10(18(20)21)7-9(13)8-16/h1-7H,(H,17,19). The van der Waals surface area contributed by atoms with Crippen LogP contribution >= 0.6 is 15.9 Å². The lowest BCUT2D eigenvalue weighted by Crippen LogP contribution is -2.13. The summed E-state index contributed by atoms with van der Waals surface area (Å²) in [5.74, 6) is -0.409. The fourth-order valence-corrected chi connectivity index (χ4v) is 2.15. The number of hydrogen-bond acceptors (Lipinski definition) is 4. The van der Waals surface area contributed by atoms with Gasteiger partial charge < -0.3 is 5.32 Å². The highest BCUT2D eigenvalue weighted by atomic mass is 79.9. The van der Waals surface area contributed by atoms with E-state index >= 15 is 0 Å². The van der Waals surface area contributed by atoms with Crippen molar-refractivity contribution in [1.29, 1.82) is 5.26 Å². The van der Waals surface area contributed by atoms with Gasteiger partial charge in [-0.25, -0.2) is 0 Å². The monoisotopic (exact) mass is 345 g/mol. The van der Waals surface area contributed by atoms with E-state index in [1.807, 2.05) is 6.07 Å². The van der Waals surface area contributed by atoms with Crippen molar-refractivity contribution in [2.24, 2.45) is 0 Å². The first-order chi connectivity index (χ1) is 10.0. The smallest absolute Gasteiger partial charge is 0.270 e. The van der Waals surface area contributed by atoms with Crippen LogP contribution in [0.2, 0.25) is 0 Å². The lowest BCUT2D eigenvalue weighted by Gasteiger charge is -2.08. The van der Waals surface area contributed by atoms with Crippen molar-refractivity contribution in [3.63, 3.8) is 0 Å². The summed E-state index contributed by atoms with van der Waals surface area (Å²) in [5.41, 5.74) is 0.457. The number of nitro benzene ring substituents is 1. The number of non-ortho nitro benzene ring substituents is 1. The number of nitriles is 1. The number of nitro groups is 1. The lowest BCUT2D eigenvalue weighted by molar-refractivity contribution is -0.384. The number of benzene rings is 2. The zero-order valence-electron chi connectivity index (χ0n) is 10.5. The van der Waals surface area contributed by atoms with E-state index in [-0.39, 0.29) is 16.9 Å². The van der Waals surface area contributed by atoms with Crippen molar-refractivity contribution in [2.45, 2.75) is 0 Å². The molecule has 7 heteroatoms. The van der Waals surface area contributed by atoms with Crippen molar-refractivity contribution >= 4 is 33.2 Å². The van der Waals surface area contributed by atoms with E-state index in [0.29, 0.717) is 10.0 Å².